The summed E-state index contributed by atoms with van der Waals surface area (Å²) in [6.45, 7) is 1.02. The summed E-state index contributed by atoms with van der Waals surface area (Å²) in [5.41, 5.74) is 6.46. The van der Waals surface area contributed by atoms with Crippen LogP contribution < -0.4 is 5.73 Å². The highest BCUT2D eigenvalue weighted by molar-refractivity contribution is 7.91. The van der Waals surface area contributed by atoms with Crippen LogP contribution in [0.2, 0.25) is 0 Å². The Kier molecular flexibility index (Phi) is 3.79. The second-order valence-electron chi connectivity index (χ2n) is 5.11. The maximum atomic E-state index is 11.8. The van der Waals surface area contributed by atoms with Gasteiger partial charge in [0.05, 0.1) is 24.0 Å². The fraction of sp³-hybridized carbons (Fsp3) is 0.667. The van der Waals surface area contributed by atoms with Gasteiger partial charge in [-0.05, 0) is 26.0 Å². The minimum absolute atomic E-state index is 0.158. The predicted octanol–water partition coefficient (Wildman–Crippen LogP) is 0.618. The van der Waals surface area contributed by atoms with Crippen molar-refractivity contribution in [2.24, 2.45) is 5.73 Å². The third-order valence-electron chi connectivity index (χ3n) is 3.78. The van der Waals surface area contributed by atoms with E-state index in [1.807, 2.05) is 13.1 Å². The second-order valence-corrected chi connectivity index (χ2v) is 7.30. The first-order chi connectivity index (χ1) is 8.47. The number of hydrogen-bond acceptors (Lipinski definition) is 5. The molecule has 6 heteroatoms. The molecule has 1 aromatic heterocycles. The Morgan fingerprint density at radius 1 is 1.56 bits per heavy atom. The molecule has 1 fully saturated rings. The second kappa shape index (κ2) is 5.03. The molecule has 0 spiro atoms. The van der Waals surface area contributed by atoms with Gasteiger partial charge in [-0.3, -0.25) is 4.90 Å². The van der Waals surface area contributed by atoms with E-state index < -0.39 is 15.4 Å². The van der Waals surface area contributed by atoms with Crippen LogP contribution in [0.4, 0.5) is 0 Å². The van der Waals surface area contributed by atoms with Crippen molar-refractivity contribution in [3.8, 4) is 0 Å². The summed E-state index contributed by atoms with van der Waals surface area (Å²) >= 11 is 0. The van der Waals surface area contributed by atoms with Crippen LogP contribution in [0.15, 0.2) is 23.0 Å². The van der Waals surface area contributed by atoms with Gasteiger partial charge in [0.25, 0.3) is 0 Å². The smallest absolute Gasteiger partial charge is 0.152 e. The minimum Gasteiger partial charge on any atom is -0.472 e. The van der Waals surface area contributed by atoms with E-state index in [4.69, 9.17) is 10.2 Å². The molecule has 0 radical (unpaired) electrons. The molecule has 1 aromatic rings. The topological polar surface area (TPSA) is 76.5 Å². The van der Waals surface area contributed by atoms with Crippen LogP contribution >= 0.6 is 0 Å². The molecule has 1 atom stereocenters. The lowest BCUT2D eigenvalue weighted by Gasteiger charge is -2.43. The molecule has 0 aliphatic carbocycles. The van der Waals surface area contributed by atoms with Gasteiger partial charge in [-0.2, -0.15) is 0 Å². The molecule has 1 unspecified atom stereocenters. The van der Waals surface area contributed by atoms with E-state index in [9.17, 15) is 8.42 Å². The van der Waals surface area contributed by atoms with Gasteiger partial charge in [-0.15, -0.1) is 0 Å². The number of nitrogens with zero attached hydrogens (tertiary/aromatic N) is 1. The first kappa shape index (κ1) is 13.6. The Balaban J connectivity index is 2.16. The molecule has 0 aromatic carbocycles. The lowest BCUT2D eigenvalue weighted by molar-refractivity contribution is 0.124. The highest BCUT2D eigenvalue weighted by Crippen LogP contribution is 2.28. The van der Waals surface area contributed by atoms with Crippen molar-refractivity contribution >= 4 is 9.84 Å². The Hall–Kier alpha value is -0.850. The van der Waals surface area contributed by atoms with Gasteiger partial charge in [-0.1, -0.05) is 0 Å². The van der Waals surface area contributed by atoms with E-state index in [1.165, 1.54) is 0 Å². The van der Waals surface area contributed by atoms with Gasteiger partial charge in [0, 0.05) is 24.2 Å². The van der Waals surface area contributed by atoms with Crippen molar-refractivity contribution in [1.82, 2.24) is 4.90 Å². The largest absolute Gasteiger partial charge is 0.472 e. The standard InChI is InChI=1S/C12H20N2O3S/c1-14(7-11-3-5-17-8-11)12(9-13)4-2-6-18(15,16)10-12/h3,5,8H,2,4,6-7,9-10,13H2,1H3. The number of hydrogen-bond donors (Lipinski definition) is 1. The van der Waals surface area contributed by atoms with E-state index in [0.29, 0.717) is 19.5 Å². The fourth-order valence-electron chi connectivity index (χ4n) is 2.62. The third kappa shape index (κ3) is 2.76. The normalized spacial score (nSPS) is 27.5. The van der Waals surface area contributed by atoms with Gasteiger partial charge in [0.1, 0.15) is 0 Å². The van der Waals surface area contributed by atoms with Gasteiger partial charge < -0.3 is 10.2 Å². The molecule has 1 aliphatic rings. The molecule has 1 aliphatic heterocycles. The highest BCUT2D eigenvalue weighted by Gasteiger charge is 2.41. The summed E-state index contributed by atoms with van der Waals surface area (Å²) in [6.07, 6.45) is 4.82. The van der Waals surface area contributed by atoms with Crippen molar-refractivity contribution in [2.45, 2.75) is 24.9 Å². The van der Waals surface area contributed by atoms with E-state index in [2.05, 4.69) is 4.90 Å². The summed E-state index contributed by atoms with van der Waals surface area (Å²) in [6, 6.07) is 1.89. The summed E-state index contributed by atoms with van der Waals surface area (Å²) in [7, 11) is -1.04. The fourth-order valence-corrected chi connectivity index (χ4v) is 4.65. The zero-order chi connectivity index (χ0) is 13.2. The van der Waals surface area contributed by atoms with Crippen LogP contribution in [-0.2, 0) is 16.4 Å². The maximum absolute atomic E-state index is 11.8. The first-order valence-electron chi connectivity index (χ1n) is 6.10. The average molecular weight is 272 g/mol. The summed E-state index contributed by atoms with van der Waals surface area (Å²) in [5.74, 6) is 0.444. The Morgan fingerprint density at radius 2 is 2.33 bits per heavy atom. The van der Waals surface area contributed by atoms with E-state index in [1.54, 1.807) is 12.5 Å². The SMILES string of the molecule is CN(Cc1ccoc1)C1(CN)CCCS(=O)(=O)C1. The zero-order valence-electron chi connectivity index (χ0n) is 10.6. The maximum Gasteiger partial charge on any atom is 0.152 e. The van der Waals surface area contributed by atoms with E-state index >= 15 is 0 Å². The third-order valence-corrected chi connectivity index (χ3v) is 5.66. The first-order valence-corrected chi connectivity index (χ1v) is 7.92. The summed E-state index contributed by atoms with van der Waals surface area (Å²) in [5, 5.41) is 0. The summed E-state index contributed by atoms with van der Waals surface area (Å²) in [4.78, 5) is 2.05. The molecular formula is C12H20N2O3S. The van der Waals surface area contributed by atoms with Crippen LogP contribution in [0.5, 0.6) is 0 Å². The Morgan fingerprint density at radius 3 is 2.89 bits per heavy atom. The van der Waals surface area contributed by atoms with Crippen LogP contribution in [0, 0.1) is 0 Å². The van der Waals surface area contributed by atoms with Crippen molar-refractivity contribution in [1.29, 1.82) is 0 Å². The Labute approximate surface area is 108 Å². The lowest BCUT2D eigenvalue weighted by Crippen LogP contribution is -2.58. The van der Waals surface area contributed by atoms with E-state index in [-0.39, 0.29) is 11.5 Å². The number of nitrogens with two attached hydrogens (primary N) is 1. The molecule has 0 bridgehead atoms. The average Bonchev–Trinajstić information content (AvgIpc) is 2.80. The minimum atomic E-state index is -2.97. The molecule has 2 rings (SSSR count). The number of furan rings is 1. The Bertz CT molecular complexity index is 483. The molecule has 2 N–H and O–H groups in total. The molecule has 1 saturated heterocycles. The number of rotatable bonds is 4. The van der Waals surface area contributed by atoms with Gasteiger partial charge in [0.15, 0.2) is 9.84 Å². The highest BCUT2D eigenvalue weighted by atomic mass is 32.2. The van der Waals surface area contributed by atoms with Crippen molar-refractivity contribution in [3.63, 3.8) is 0 Å². The van der Waals surface area contributed by atoms with Crippen LogP contribution in [0.1, 0.15) is 18.4 Å². The predicted molar refractivity (Wildman–Crippen MR) is 69.8 cm³/mol. The molecular weight excluding hydrogens is 252 g/mol. The van der Waals surface area contributed by atoms with Gasteiger partial charge in [-0.25, -0.2) is 8.42 Å². The molecule has 102 valence electrons. The van der Waals surface area contributed by atoms with Crippen molar-refractivity contribution in [2.75, 3.05) is 25.1 Å². The van der Waals surface area contributed by atoms with Crippen molar-refractivity contribution in [3.05, 3.63) is 24.2 Å². The molecule has 5 nitrogen and oxygen atoms in total. The number of likely N-dealkylation sites (N-methyl/N-ethyl adjacent to an activating group) is 1. The van der Waals surface area contributed by atoms with E-state index in [0.717, 1.165) is 12.0 Å². The molecule has 18 heavy (non-hydrogen) atoms. The van der Waals surface area contributed by atoms with Gasteiger partial charge in [0.2, 0.25) is 0 Å². The van der Waals surface area contributed by atoms with Crippen LogP contribution in [0.25, 0.3) is 0 Å². The summed E-state index contributed by atoms with van der Waals surface area (Å²) < 4.78 is 28.7. The molecule has 0 amide bonds. The van der Waals surface area contributed by atoms with Crippen LogP contribution in [-0.4, -0.2) is 44.0 Å². The lowest BCUT2D eigenvalue weighted by atomic mass is 9.93. The van der Waals surface area contributed by atoms with Crippen LogP contribution in [0.3, 0.4) is 0 Å². The quantitative estimate of drug-likeness (QED) is 0.869. The molecule has 2 heterocycles. The zero-order valence-corrected chi connectivity index (χ0v) is 11.4. The van der Waals surface area contributed by atoms with Crippen molar-refractivity contribution < 1.29 is 12.8 Å². The molecule has 0 saturated carbocycles. The van der Waals surface area contributed by atoms with Gasteiger partial charge >= 0.3 is 0 Å². The number of sulfone groups is 1. The monoisotopic (exact) mass is 272 g/mol.